The Labute approximate surface area is 226 Å². The lowest BCUT2D eigenvalue weighted by Crippen LogP contribution is -2.62. The van der Waals surface area contributed by atoms with Crippen LogP contribution in [0.3, 0.4) is 0 Å². The Morgan fingerprint density at radius 1 is 0.974 bits per heavy atom. The van der Waals surface area contributed by atoms with Crippen LogP contribution in [-0.2, 0) is 6.42 Å². The van der Waals surface area contributed by atoms with Gasteiger partial charge in [-0.25, -0.2) is 9.50 Å². The minimum absolute atomic E-state index is 0.0389. The van der Waals surface area contributed by atoms with Gasteiger partial charge in [-0.3, -0.25) is 14.6 Å². The second-order valence-electron chi connectivity index (χ2n) is 11.6. The van der Waals surface area contributed by atoms with Gasteiger partial charge in [0.05, 0.1) is 18.5 Å². The first-order valence-electron chi connectivity index (χ1n) is 14.9. The van der Waals surface area contributed by atoms with E-state index in [0.29, 0.717) is 23.3 Å². The lowest BCUT2D eigenvalue weighted by molar-refractivity contribution is 0.0368. The third-order valence-corrected chi connectivity index (χ3v) is 8.94. The van der Waals surface area contributed by atoms with Gasteiger partial charge < -0.3 is 11.1 Å². The first kappa shape index (κ1) is 26.9. The molecule has 9 heteroatoms. The summed E-state index contributed by atoms with van der Waals surface area (Å²) in [6.07, 6.45) is 20.4. The summed E-state index contributed by atoms with van der Waals surface area (Å²) in [5, 5.41) is 16.8. The number of rotatable bonds is 5. The van der Waals surface area contributed by atoms with Gasteiger partial charge in [-0.1, -0.05) is 51.4 Å². The zero-order valence-corrected chi connectivity index (χ0v) is 22.8. The standard InChI is InChI=1S/C29H44N8O/c30-15-13-22-19-32-28-26(27(31)34-37(28)20-22)29(38)33-24-21-36(18-14-25(24)35-16-9-6-10-17-35)23-11-7-4-2-1-3-5-8-12-23/h19-20,23-25H,1-14,16-18,21H2,(H2,31,34)(H,33,38). The highest BCUT2D eigenvalue weighted by Gasteiger charge is 2.37. The third-order valence-electron chi connectivity index (χ3n) is 8.94. The zero-order valence-electron chi connectivity index (χ0n) is 22.8. The molecular weight excluding hydrogens is 476 g/mol. The van der Waals surface area contributed by atoms with Gasteiger partial charge in [0.15, 0.2) is 11.5 Å². The van der Waals surface area contributed by atoms with Crippen molar-refractivity contribution < 1.29 is 4.79 Å². The Hall–Kier alpha value is -2.70. The smallest absolute Gasteiger partial charge is 0.259 e. The fraction of sp³-hybridized carbons (Fsp3) is 0.724. The molecular formula is C29H44N8O. The van der Waals surface area contributed by atoms with E-state index in [1.54, 1.807) is 12.4 Å². The highest BCUT2D eigenvalue weighted by Crippen LogP contribution is 2.28. The maximum absolute atomic E-state index is 13.7. The number of hydrogen-bond donors (Lipinski definition) is 2. The largest absolute Gasteiger partial charge is 0.381 e. The summed E-state index contributed by atoms with van der Waals surface area (Å²) in [6.45, 7) is 4.22. The van der Waals surface area contributed by atoms with Crippen molar-refractivity contribution in [3.8, 4) is 6.07 Å². The maximum Gasteiger partial charge on any atom is 0.259 e. The molecule has 38 heavy (non-hydrogen) atoms. The average Bonchev–Trinajstić information content (AvgIpc) is 3.27. The van der Waals surface area contributed by atoms with Crippen LogP contribution in [0.4, 0.5) is 5.82 Å². The first-order valence-corrected chi connectivity index (χ1v) is 14.9. The SMILES string of the molecule is N#CCc1cnc2c(C(=O)NC3CN(C4CCCCCCCCC4)CCC3N3CCCCC3)c(N)nn2c1. The van der Waals surface area contributed by atoms with Gasteiger partial charge in [0.2, 0.25) is 0 Å². The topological polar surface area (TPSA) is 116 Å². The summed E-state index contributed by atoms with van der Waals surface area (Å²) in [5.74, 6) is -0.0172. The molecule has 2 aliphatic heterocycles. The molecule has 2 saturated heterocycles. The Balaban J connectivity index is 1.35. The van der Waals surface area contributed by atoms with Crippen molar-refractivity contribution in [1.29, 1.82) is 5.26 Å². The van der Waals surface area contributed by atoms with Gasteiger partial charge >= 0.3 is 0 Å². The summed E-state index contributed by atoms with van der Waals surface area (Å²) in [4.78, 5) is 23.5. The zero-order chi connectivity index (χ0) is 26.3. The van der Waals surface area contributed by atoms with Gasteiger partial charge in [0, 0.05) is 43.1 Å². The lowest BCUT2D eigenvalue weighted by atomic mass is 9.91. The number of anilines is 1. The van der Waals surface area contributed by atoms with Crippen molar-refractivity contribution in [2.24, 2.45) is 0 Å². The van der Waals surface area contributed by atoms with Crippen molar-refractivity contribution in [1.82, 2.24) is 29.7 Å². The van der Waals surface area contributed by atoms with E-state index >= 15 is 0 Å². The number of hydrogen-bond acceptors (Lipinski definition) is 7. The van der Waals surface area contributed by atoms with Gasteiger partial charge in [-0.15, -0.1) is 5.10 Å². The van der Waals surface area contributed by atoms with E-state index in [-0.39, 0.29) is 24.2 Å². The number of amides is 1. The molecule has 2 unspecified atom stereocenters. The number of likely N-dealkylation sites (tertiary alicyclic amines) is 2. The van der Waals surface area contributed by atoms with E-state index in [2.05, 4.69) is 31.3 Å². The van der Waals surface area contributed by atoms with Crippen molar-refractivity contribution >= 4 is 17.4 Å². The first-order chi connectivity index (χ1) is 18.6. The Bertz CT molecular complexity index is 1110. The number of nitrogen functional groups attached to an aromatic ring is 1. The van der Waals surface area contributed by atoms with E-state index in [9.17, 15) is 4.79 Å². The highest BCUT2D eigenvalue weighted by molar-refractivity contribution is 6.04. The van der Waals surface area contributed by atoms with E-state index in [0.717, 1.165) is 38.2 Å². The molecule has 0 radical (unpaired) electrons. The minimum atomic E-state index is -0.196. The van der Waals surface area contributed by atoms with Crippen LogP contribution in [0.15, 0.2) is 12.4 Å². The summed E-state index contributed by atoms with van der Waals surface area (Å²) < 4.78 is 1.53. The maximum atomic E-state index is 13.7. The number of nitrogens with two attached hydrogens (primary N) is 1. The van der Waals surface area contributed by atoms with Crippen LogP contribution in [0.1, 0.15) is 99.4 Å². The van der Waals surface area contributed by atoms with Gasteiger partial charge in [0.1, 0.15) is 5.56 Å². The predicted molar refractivity (Wildman–Crippen MR) is 149 cm³/mol. The Morgan fingerprint density at radius 3 is 2.37 bits per heavy atom. The third kappa shape index (κ3) is 6.29. The predicted octanol–water partition coefficient (Wildman–Crippen LogP) is 3.93. The second-order valence-corrected chi connectivity index (χ2v) is 11.6. The number of piperidine rings is 2. The fourth-order valence-corrected chi connectivity index (χ4v) is 6.91. The summed E-state index contributed by atoms with van der Waals surface area (Å²) in [6, 6.07) is 3.12. The van der Waals surface area contributed by atoms with Gasteiger partial charge in [0.25, 0.3) is 5.91 Å². The molecule has 9 nitrogen and oxygen atoms in total. The van der Waals surface area contributed by atoms with E-state index in [1.807, 2.05) is 0 Å². The summed E-state index contributed by atoms with van der Waals surface area (Å²) in [5.41, 5.74) is 7.77. The minimum Gasteiger partial charge on any atom is -0.381 e. The van der Waals surface area contributed by atoms with Crippen LogP contribution in [0.2, 0.25) is 0 Å². The quantitative estimate of drug-likeness (QED) is 0.614. The molecule has 3 N–H and O–H groups in total. The number of aromatic nitrogens is 3. The molecule has 3 aliphatic rings. The number of carbonyl (C=O) groups is 1. The van der Waals surface area contributed by atoms with Crippen LogP contribution >= 0.6 is 0 Å². The number of carbonyl (C=O) groups excluding carboxylic acids is 1. The number of nitriles is 1. The van der Waals surface area contributed by atoms with Crippen LogP contribution in [0.5, 0.6) is 0 Å². The molecule has 2 aromatic rings. The number of fused-ring (bicyclic) bond motifs is 1. The van der Waals surface area contributed by atoms with E-state index in [1.165, 1.54) is 81.6 Å². The second kappa shape index (κ2) is 12.9. The molecule has 206 valence electrons. The molecule has 0 spiro atoms. The Kier molecular flexibility index (Phi) is 9.13. The molecule has 0 aromatic carbocycles. The Morgan fingerprint density at radius 2 is 1.66 bits per heavy atom. The number of nitrogens with zero attached hydrogens (tertiary/aromatic N) is 6. The van der Waals surface area contributed by atoms with Crippen molar-refractivity contribution in [2.45, 2.75) is 108 Å². The highest BCUT2D eigenvalue weighted by atomic mass is 16.1. The molecule has 4 heterocycles. The van der Waals surface area contributed by atoms with Crippen molar-refractivity contribution in [3.05, 3.63) is 23.5 Å². The molecule has 5 rings (SSSR count). The summed E-state index contributed by atoms with van der Waals surface area (Å²) in [7, 11) is 0. The number of nitrogens with one attached hydrogen (secondary N) is 1. The average molecular weight is 521 g/mol. The normalized spacial score (nSPS) is 25.1. The molecule has 1 amide bonds. The summed E-state index contributed by atoms with van der Waals surface area (Å²) >= 11 is 0. The molecule has 1 aliphatic carbocycles. The molecule has 1 saturated carbocycles. The molecule has 2 aromatic heterocycles. The lowest BCUT2D eigenvalue weighted by Gasteiger charge is -2.47. The van der Waals surface area contributed by atoms with Crippen LogP contribution in [0.25, 0.3) is 5.65 Å². The van der Waals surface area contributed by atoms with E-state index in [4.69, 9.17) is 11.0 Å². The van der Waals surface area contributed by atoms with Crippen LogP contribution in [-0.4, -0.2) is 74.6 Å². The van der Waals surface area contributed by atoms with Crippen LogP contribution in [0, 0.1) is 11.3 Å². The van der Waals surface area contributed by atoms with E-state index < -0.39 is 0 Å². The molecule has 2 atom stereocenters. The van der Waals surface area contributed by atoms with Gasteiger partial charge in [-0.2, -0.15) is 5.26 Å². The van der Waals surface area contributed by atoms with Crippen molar-refractivity contribution in [2.75, 3.05) is 31.9 Å². The fourth-order valence-electron chi connectivity index (χ4n) is 6.91. The van der Waals surface area contributed by atoms with Gasteiger partial charge in [-0.05, 0) is 45.2 Å². The molecule has 0 bridgehead atoms. The monoisotopic (exact) mass is 520 g/mol. The molecule has 3 fully saturated rings. The van der Waals surface area contributed by atoms with Crippen molar-refractivity contribution in [3.63, 3.8) is 0 Å². The van der Waals surface area contributed by atoms with Crippen LogP contribution < -0.4 is 11.1 Å².